The van der Waals surface area contributed by atoms with Gasteiger partial charge in [0, 0.05) is 58.7 Å². The topological polar surface area (TPSA) is 69.8 Å². The van der Waals surface area contributed by atoms with Gasteiger partial charge < -0.3 is 14.7 Å². The Bertz CT molecular complexity index is 791. The van der Waals surface area contributed by atoms with Crippen molar-refractivity contribution >= 4 is 12.0 Å². The van der Waals surface area contributed by atoms with E-state index in [0.29, 0.717) is 12.3 Å². The van der Waals surface area contributed by atoms with Crippen LogP contribution in [-0.2, 0) is 6.42 Å². The summed E-state index contributed by atoms with van der Waals surface area (Å²) in [5.41, 5.74) is 1.25. The first-order chi connectivity index (χ1) is 14.2. The molecule has 0 aliphatic carbocycles. The van der Waals surface area contributed by atoms with Crippen molar-refractivity contribution in [3.8, 4) is 0 Å². The molecule has 1 aliphatic heterocycles. The van der Waals surface area contributed by atoms with Crippen LogP contribution in [0, 0.1) is 0 Å². The maximum atomic E-state index is 5.30. The lowest BCUT2D eigenvalue weighted by molar-refractivity contribution is 0.194. The Kier molecular flexibility index (Phi) is 7.81. The summed E-state index contributed by atoms with van der Waals surface area (Å²) in [5, 5.41) is 7.43. The van der Waals surface area contributed by atoms with Crippen LogP contribution in [0.2, 0.25) is 0 Å². The third kappa shape index (κ3) is 6.42. The van der Waals surface area contributed by atoms with E-state index in [1.165, 1.54) is 5.56 Å². The third-order valence-corrected chi connectivity index (χ3v) is 4.98. The van der Waals surface area contributed by atoms with Gasteiger partial charge in [0.15, 0.2) is 11.8 Å². The molecule has 1 N–H and O–H groups in total. The van der Waals surface area contributed by atoms with Crippen LogP contribution in [0.25, 0.3) is 6.08 Å². The lowest BCUT2D eigenvalue weighted by atomic mass is 10.2. The van der Waals surface area contributed by atoms with Gasteiger partial charge in [0.05, 0.1) is 0 Å². The average Bonchev–Trinajstić information content (AvgIpc) is 3.22. The van der Waals surface area contributed by atoms with E-state index in [4.69, 9.17) is 4.52 Å². The number of nitrogens with zero attached hydrogens (tertiary/aromatic N) is 5. The van der Waals surface area contributed by atoms with Crippen molar-refractivity contribution in [3.63, 3.8) is 0 Å². The van der Waals surface area contributed by atoms with Crippen molar-refractivity contribution in [2.75, 3.05) is 46.3 Å². The van der Waals surface area contributed by atoms with Crippen LogP contribution in [0.4, 0.5) is 0 Å². The summed E-state index contributed by atoms with van der Waals surface area (Å²) in [6.07, 6.45) is 5.13. The molecular formula is C22H32N6O. The lowest BCUT2D eigenvalue weighted by Crippen LogP contribution is -2.52. The van der Waals surface area contributed by atoms with Gasteiger partial charge in [-0.1, -0.05) is 61.5 Å². The zero-order valence-corrected chi connectivity index (χ0v) is 17.7. The van der Waals surface area contributed by atoms with E-state index in [1.807, 2.05) is 13.1 Å². The van der Waals surface area contributed by atoms with E-state index in [-0.39, 0.29) is 5.92 Å². The van der Waals surface area contributed by atoms with Crippen LogP contribution in [0.1, 0.15) is 37.0 Å². The molecule has 3 rings (SSSR count). The minimum Gasteiger partial charge on any atom is -0.356 e. The minimum atomic E-state index is 0.284. The second-order valence-corrected chi connectivity index (χ2v) is 7.53. The number of benzene rings is 1. The molecule has 1 saturated heterocycles. The molecule has 0 atom stereocenters. The number of nitrogens with one attached hydrogen (secondary N) is 1. The van der Waals surface area contributed by atoms with Crippen molar-refractivity contribution in [2.24, 2.45) is 4.99 Å². The van der Waals surface area contributed by atoms with Gasteiger partial charge in [-0.05, 0) is 5.56 Å². The Morgan fingerprint density at radius 1 is 1.21 bits per heavy atom. The van der Waals surface area contributed by atoms with Gasteiger partial charge in [0.1, 0.15) is 0 Å². The molecule has 1 aromatic heterocycles. The largest absolute Gasteiger partial charge is 0.356 e. The number of hydrogen-bond acceptors (Lipinski definition) is 5. The van der Waals surface area contributed by atoms with E-state index in [1.54, 1.807) is 0 Å². The molecule has 0 bridgehead atoms. The standard InChI is InChI=1S/C22H32N6O/c1-18(2)21-25-20(29-26-21)11-12-24-22(23-3)28-16-14-27(15-17-28)13-7-10-19-8-5-4-6-9-19/h4-10,18H,11-17H2,1-3H3,(H,23,24)/b10-7+. The molecule has 0 saturated carbocycles. The monoisotopic (exact) mass is 396 g/mol. The number of aromatic nitrogens is 2. The van der Waals surface area contributed by atoms with Gasteiger partial charge in [0.2, 0.25) is 5.89 Å². The Balaban J connectivity index is 1.38. The van der Waals surface area contributed by atoms with Gasteiger partial charge >= 0.3 is 0 Å². The first-order valence-corrected chi connectivity index (χ1v) is 10.4. The van der Waals surface area contributed by atoms with Gasteiger partial charge in [-0.3, -0.25) is 9.89 Å². The quantitative estimate of drug-likeness (QED) is 0.573. The smallest absolute Gasteiger partial charge is 0.228 e. The third-order valence-electron chi connectivity index (χ3n) is 4.98. The molecule has 0 spiro atoms. The van der Waals surface area contributed by atoms with Gasteiger partial charge in [-0.25, -0.2) is 0 Å². The maximum absolute atomic E-state index is 5.30. The van der Waals surface area contributed by atoms with Crippen LogP contribution in [0.5, 0.6) is 0 Å². The summed E-state index contributed by atoms with van der Waals surface area (Å²) >= 11 is 0. The van der Waals surface area contributed by atoms with Gasteiger partial charge in [-0.15, -0.1) is 0 Å². The summed E-state index contributed by atoms with van der Waals surface area (Å²) < 4.78 is 5.30. The van der Waals surface area contributed by atoms with Crippen LogP contribution >= 0.6 is 0 Å². The summed E-state index contributed by atoms with van der Waals surface area (Å²) in [6.45, 7) is 9.82. The highest BCUT2D eigenvalue weighted by molar-refractivity contribution is 5.80. The predicted octanol–water partition coefficient (Wildman–Crippen LogP) is 2.64. The fraction of sp³-hybridized carbons (Fsp3) is 0.500. The Morgan fingerprint density at radius 2 is 1.97 bits per heavy atom. The molecule has 1 fully saturated rings. The van der Waals surface area contributed by atoms with E-state index in [2.05, 4.69) is 80.5 Å². The predicted molar refractivity (Wildman–Crippen MR) is 117 cm³/mol. The van der Waals surface area contributed by atoms with E-state index >= 15 is 0 Å². The second-order valence-electron chi connectivity index (χ2n) is 7.53. The SMILES string of the molecule is CN=C(NCCc1nc(C(C)C)no1)N1CCN(C/C=C/c2ccccc2)CC1. The Morgan fingerprint density at radius 3 is 2.62 bits per heavy atom. The minimum absolute atomic E-state index is 0.284. The number of hydrogen-bond donors (Lipinski definition) is 1. The molecule has 29 heavy (non-hydrogen) atoms. The average molecular weight is 397 g/mol. The molecule has 0 unspecified atom stereocenters. The normalized spacial score (nSPS) is 16.1. The van der Waals surface area contributed by atoms with Crippen molar-refractivity contribution < 1.29 is 4.52 Å². The first-order valence-electron chi connectivity index (χ1n) is 10.4. The van der Waals surface area contributed by atoms with E-state index < -0.39 is 0 Å². The molecule has 1 aliphatic rings. The number of rotatable bonds is 7. The molecule has 0 amide bonds. The number of piperazine rings is 1. The van der Waals surface area contributed by atoms with Gasteiger partial charge in [-0.2, -0.15) is 4.98 Å². The second kappa shape index (κ2) is 10.8. The van der Waals surface area contributed by atoms with Crippen molar-refractivity contribution in [1.29, 1.82) is 0 Å². The molecule has 7 heteroatoms. The fourth-order valence-corrected chi connectivity index (χ4v) is 3.26. The first kappa shape index (κ1) is 21.0. The van der Waals surface area contributed by atoms with Crippen LogP contribution in [0.15, 0.2) is 45.9 Å². The molecule has 2 aromatic rings. The Hall–Kier alpha value is -2.67. The van der Waals surface area contributed by atoms with Crippen LogP contribution in [-0.4, -0.2) is 72.2 Å². The molecular weight excluding hydrogens is 364 g/mol. The summed E-state index contributed by atoms with van der Waals surface area (Å²) in [6, 6.07) is 10.4. The zero-order chi connectivity index (χ0) is 20.5. The van der Waals surface area contributed by atoms with Crippen molar-refractivity contribution in [3.05, 3.63) is 53.7 Å². The molecule has 1 aromatic carbocycles. The van der Waals surface area contributed by atoms with E-state index in [0.717, 1.165) is 51.1 Å². The number of aliphatic imine (C=N–C) groups is 1. The van der Waals surface area contributed by atoms with Gasteiger partial charge in [0.25, 0.3) is 0 Å². The highest BCUT2D eigenvalue weighted by atomic mass is 16.5. The zero-order valence-electron chi connectivity index (χ0n) is 17.7. The fourth-order valence-electron chi connectivity index (χ4n) is 3.26. The highest BCUT2D eigenvalue weighted by Gasteiger charge is 2.19. The molecule has 2 heterocycles. The number of guanidine groups is 1. The molecule has 0 radical (unpaired) electrons. The van der Waals surface area contributed by atoms with Crippen molar-refractivity contribution in [2.45, 2.75) is 26.2 Å². The molecule has 7 nitrogen and oxygen atoms in total. The summed E-state index contributed by atoms with van der Waals surface area (Å²) in [4.78, 5) is 13.6. The van der Waals surface area contributed by atoms with Crippen molar-refractivity contribution in [1.82, 2.24) is 25.3 Å². The summed E-state index contributed by atoms with van der Waals surface area (Å²) in [7, 11) is 1.83. The molecule has 156 valence electrons. The van der Waals surface area contributed by atoms with Crippen LogP contribution < -0.4 is 5.32 Å². The Labute approximate surface area is 173 Å². The van der Waals surface area contributed by atoms with Crippen LogP contribution in [0.3, 0.4) is 0 Å². The summed E-state index contributed by atoms with van der Waals surface area (Å²) in [5.74, 6) is 2.66. The maximum Gasteiger partial charge on any atom is 0.228 e. The lowest BCUT2D eigenvalue weighted by Gasteiger charge is -2.36. The highest BCUT2D eigenvalue weighted by Crippen LogP contribution is 2.10. The van der Waals surface area contributed by atoms with E-state index in [9.17, 15) is 0 Å².